The summed E-state index contributed by atoms with van der Waals surface area (Å²) in [4.78, 5) is 1.38. The summed E-state index contributed by atoms with van der Waals surface area (Å²) in [6, 6.07) is 2.79. The van der Waals surface area contributed by atoms with E-state index in [1.165, 1.54) is 10.4 Å². The van der Waals surface area contributed by atoms with Crippen LogP contribution in [0.4, 0.5) is 0 Å². The van der Waals surface area contributed by atoms with Gasteiger partial charge in [-0.25, -0.2) is 0 Å². The van der Waals surface area contributed by atoms with Crippen molar-refractivity contribution in [1.82, 2.24) is 5.32 Å². The molecule has 0 fully saturated rings. The first-order valence-corrected chi connectivity index (χ1v) is 7.71. The van der Waals surface area contributed by atoms with Gasteiger partial charge in [0.05, 0.1) is 0 Å². The SMILES string of the molecule is Cc1ccsc1C(C)NC(C)CS(C)=O. The molecule has 1 aromatic rings. The fourth-order valence-electron chi connectivity index (χ4n) is 1.73. The third-order valence-corrected chi connectivity index (χ3v) is 4.49. The van der Waals surface area contributed by atoms with Crippen LogP contribution in [-0.2, 0) is 10.8 Å². The van der Waals surface area contributed by atoms with E-state index in [0.29, 0.717) is 12.1 Å². The van der Waals surface area contributed by atoms with E-state index in [-0.39, 0.29) is 0 Å². The van der Waals surface area contributed by atoms with Crippen LogP contribution in [0.5, 0.6) is 0 Å². The van der Waals surface area contributed by atoms with Gasteiger partial charge in [0.1, 0.15) is 0 Å². The molecule has 1 aromatic heterocycles. The number of thiophene rings is 1. The first-order valence-electron chi connectivity index (χ1n) is 5.10. The molecule has 0 amide bonds. The van der Waals surface area contributed by atoms with Crippen LogP contribution in [-0.4, -0.2) is 22.3 Å². The van der Waals surface area contributed by atoms with Crippen molar-refractivity contribution in [3.8, 4) is 0 Å². The van der Waals surface area contributed by atoms with Gasteiger partial charge in [0, 0.05) is 39.8 Å². The molecule has 0 aliphatic rings. The maximum atomic E-state index is 11.1. The molecule has 0 aliphatic carbocycles. The molecule has 15 heavy (non-hydrogen) atoms. The molecule has 1 N–H and O–H groups in total. The number of hydrogen-bond acceptors (Lipinski definition) is 3. The molecule has 0 saturated carbocycles. The predicted octanol–water partition coefficient (Wildman–Crippen LogP) is 2.47. The van der Waals surface area contributed by atoms with Crippen molar-refractivity contribution in [2.45, 2.75) is 32.9 Å². The molecule has 4 heteroatoms. The zero-order valence-electron chi connectivity index (χ0n) is 9.74. The molecule has 0 bridgehead atoms. The van der Waals surface area contributed by atoms with E-state index in [0.717, 1.165) is 5.75 Å². The molecule has 0 radical (unpaired) electrons. The highest BCUT2D eigenvalue weighted by Gasteiger charge is 2.13. The number of aryl methyl sites for hydroxylation is 1. The van der Waals surface area contributed by atoms with Crippen LogP contribution in [0.15, 0.2) is 11.4 Å². The Morgan fingerprint density at radius 3 is 2.67 bits per heavy atom. The van der Waals surface area contributed by atoms with Gasteiger partial charge in [-0.15, -0.1) is 11.3 Å². The zero-order chi connectivity index (χ0) is 11.4. The number of rotatable bonds is 5. The van der Waals surface area contributed by atoms with Gasteiger partial charge in [-0.3, -0.25) is 4.21 Å². The highest BCUT2D eigenvalue weighted by molar-refractivity contribution is 7.84. The van der Waals surface area contributed by atoms with E-state index in [2.05, 4.69) is 37.5 Å². The average Bonchev–Trinajstić information content (AvgIpc) is 2.49. The van der Waals surface area contributed by atoms with Crippen molar-refractivity contribution in [3.05, 3.63) is 21.9 Å². The lowest BCUT2D eigenvalue weighted by Crippen LogP contribution is -2.33. The molecule has 1 heterocycles. The molecule has 3 unspecified atom stereocenters. The minimum absolute atomic E-state index is 0.298. The molecule has 86 valence electrons. The van der Waals surface area contributed by atoms with E-state index < -0.39 is 10.8 Å². The summed E-state index contributed by atoms with van der Waals surface area (Å²) in [5, 5.41) is 5.59. The van der Waals surface area contributed by atoms with Crippen LogP contribution in [0.25, 0.3) is 0 Å². The van der Waals surface area contributed by atoms with Crippen molar-refractivity contribution in [1.29, 1.82) is 0 Å². The van der Waals surface area contributed by atoms with Crippen LogP contribution in [0.2, 0.25) is 0 Å². The molecule has 0 aliphatic heterocycles. The van der Waals surface area contributed by atoms with Gasteiger partial charge >= 0.3 is 0 Å². The Morgan fingerprint density at radius 2 is 2.20 bits per heavy atom. The smallest absolute Gasteiger partial charge is 0.0391 e. The Hall–Kier alpha value is -0.190. The van der Waals surface area contributed by atoms with E-state index >= 15 is 0 Å². The van der Waals surface area contributed by atoms with E-state index in [1.807, 2.05) is 0 Å². The second-order valence-electron chi connectivity index (χ2n) is 4.00. The lowest BCUT2D eigenvalue weighted by Gasteiger charge is -2.19. The lowest BCUT2D eigenvalue weighted by molar-refractivity contribution is 0.512. The topological polar surface area (TPSA) is 29.1 Å². The maximum absolute atomic E-state index is 11.1. The fraction of sp³-hybridized carbons (Fsp3) is 0.636. The largest absolute Gasteiger partial charge is 0.306 e. The molecule has 3 atom stereocenters. The quantitative estimate of drug-likeness (QED) is 0.863. The van der Waals surface area contributed by atoms with E-state index in [4.69, 9.17) is 0 Å². The molecule has 1 rings (SSSR count). The van der Waals surface area contributed by atoms with Gasteiger partial charge < -0.3 is 5.32 Å². The van der Waals surface area contributed by atoms with Crippen LogP contribution in [0.1, 0.15) is 30.3 Å². The Balaban J connectivity index is 2.52. The van der Waals surface area contributed by atoms with Gasteiger partial charge in [-0.05, 0) is 37.8 Å². The van der Waals surface area contributed by atoms with Crippen molar-refractivity contribution in [2.24, 2.45) is 0 Å². The van der Waals surface area contributed by atoms with Crippen molar-refractivity contribution >= 4 is 22.1 Å². The van der Waals surface area contributed by atoms with Crippen LogP contribution in [0, 0.1) is 6.92 Å². The molecular weight excluding hydrogens is 226 g/mol. The second-order valence-corrected chi connectivity index (χ2v) is 6.42. The first kappa shape index (κ1) is 12.9. The van der Waals surface area contributed by atoms with Crippen molar-refractivity contribution < 1.29 is 4.21 Å². The summed E-state index contributed by atoms with van der Waals surface area (Å²) in [6.07, 6.45) is 1.75. The van der Waals surface area contributed by atoms with Crippen LogP contribution >= 0.6 is 11.3 Å². The maximum Gasteiger partial charge on any atom is 0.0391 e. The Kier molecular flexibility index (Phi) is 4.96. The van der Waals surface area contributed by atoms with Gasteiger partial charge in [-0.1, -0.05) is 0 Å². The predicted molar refractivity (Wildman–Crippen MR) is 69.0 cm³/mol. The molecule has 2 nitrogen and oxygen atoms in total. The lowest BCUT2D eigenvalue weighted by atomic mass is 10.2. The molecule has 0 aromatic carbocycles. The van der Waals surface area contributed by atoms with Crippen molar-refractivity contribution in [2.75, 3.05) is 12.0 Å². The first-order chi connectivity index (χ1) is 7.00. The van der Waals surface area contributed by atoms with Gasteiger partial charge in [0.2, 0.25) is 0 Å². The zero-order valence-corrected chi connectivity index (χ0v) is 11.4. The van der Waals surface area contributed by atoms with E-state index in [1.54, 1.807) is 17.6 Å². The minimum Gasteiger partial charge on any atom is -0.306 e. The highest BCUT2D eigenvalue weighted by Crippen LogP contribution is 2.23. The minimum atomic E-state index is -0.723. The summed E-state index contributed by atoms with van der Waals surface area (Å²) in [5.41, 5.74) is 1.34. The fourth-order valence-corrected chi connectivity index (χ4v) is 3.48. The normalized spacial score (nSPS) is 17.3. The summed E-state index contributed by atoms with van der Waals surface area (Å²) < 4.78 is 11.1. The van der Waals surface area contributed by atoms with Crippen LogP contribution in [0.3, 0.4) is 0 Å². The Bertz CT molecular complexity index is 335. The highest BCUT2D eigenvalue weighted by atomic mass is 32.2. The summed E-state index contributed by atoms with van der Waals surface area (Å²) in [5.74, 6) is 0.717. The number of hydrogen-bond donors (Lipinski definition) is 1. The van der Waals surface area contributed by atoms with Crippen molar-refractivity contribution in [3.63, 3.8) is 0 Å². The van der Waals surface area contributed by atoms with Gasteiger partial charge in [-0.2, -0.15) is 0 Å². The summed E-state index contributed by atoms with van der Waals surface area (Å²) in [6.45, 7) is 6.38. The summed E-state index contributed by atoms with van der Waals surface area (Å²) >= 11 is 1.78. The second kappa shape index (κ2) is 5.77. The Morgan fingerprint density at radius 1 is 1.53 bits per heavy atom. The molecule has 0 spiro atoms. The number of nitrogens with one attached hydrogen (secondary N) is 1. The molecule has 0 saturated heterocycles. The van der Waals surface area contributed by atoms with E-state index in [9.17, 15) is 4.21 Å². The third-order valence-electron chi connectivity index (χ3n) is 2.31. The Labute approximate surface area is 98.6 Å². The van der Waals surface area contributed by atoms with Crippen LogP contribution < -0.4 is 5.32 Å². The monoisotopic (exact) mass is 245 g/mol. The third kappa shape index (κ3) is 4.05. The average molecular weight is 245 g/mol. The standard InChI is InChI=1S/C11H19NOS2/c1-8-5-6-14-11(8)10(3)12-9(2)7-15(4)13/h5-6,9-10,12H,7H2,1-4H3. The van der Waals surface area contributed by atoms with Gasteiger partial charge in [0.25, 0.3) is 0 Å². The van der Waals surface area contributed by atoms with Gasteiger partial charge in [0.15, 0.2) is 0 Å². The molecular formula is C11H19NOS2. The summed E-state index contributed by atoms with van der Waals surface area (Å²) in [7, 11) is -0.723.